The van der Waals surface area contributed by atoms with Gasteiger partial charge in [-0.05, 0) is 127 Å². The molecule has 0 radical (unpaired) electrons. The summed E-state index contributed by atoms with van der Waals surface area (Å²) < 4.78 is 20.9. The molecule has 1 aliphatic heterocycles. The van der Waals surface area contributed by atoms with Gasteiger partial charge in [-0.15, -0.1) is 0 Å². The lowest BCUT2D eigenvalue weighted by Crippen LogP contribution is -2.60. The quantitative estimate of drug-likeness (QED) is 0.214. The van der Waals surface area contributed by atoms with E-state index in [1.165, 1.54) is 45.4 Å². The first-order valence-electron chi connectivity index (χ1n) is 17.0. The smallest absolute Gasteiger partial charge is 0.347 e. The molecule has 1 saturated heterocycles. The van der Waals surface area contributed by atoms with Gasteiger partial charge in [0.1, 0.15) is 11.2 Å². The minimum atomic E-state index is -0.728. The average molecular weight is 641 g/mol. The first kappa shape index (κ1) is 34.4. The van der Waals surface area contributed by atoms with Crippen molar-refractivity contribution in [2.24, 2.45) is 35.5 Å². The molecule has 8 bridgehead atoms. The van der Waals surface area contributed by atoms with Crippen LogP contribution in [0.15, 0.2) is 36.5 Å². The van der Waals surface area contributed by atoms with Crippen LogP contribution in [0.4, 0.5) is 0 Å². The van der Waals surface area contributed by atoms with E-state index in [1.807, 2.05) is 0 Å². The summed E-state index contributed by atoms with van der Waals surface area (Å²) >= 11 is 0. The van der Waals surface area contributed by atoms with E-state index < -0.39 is 29.2 Å². The van der Waals surface area contributed by atoms with E-state index in [0.717, 1.165) is 37.5 Å². The fourth-order valence-electron chi connectivity index (χ4n) is 9.92. The van der Waals surface area contributed by atoms with Crippen molar-refractivity contribution >= 4 is 23.9 Å². The molecule has 9 heteroatoms. The minimum absolute atomic E-state index is 0.194. The molecule has 1 N–H and O–H groups in total. The van der Waals surface area contributed by atoms with Crippen LogP contribution in [0.25, 0.3) is 0 Å². The number of esters is 4. The van der Waals surface area contributed by atoms with E-state index >= 15 is 0 Å². The Kier molecular flexibility index (Phi) is 9.67. The van der Waals surface area contributed by atoms with Crippen molar-refractivity contribution in [2.75, 3.05) is 6.61 Å². The zero-order valence-corrected chi connectivity index (χ0v) is 28.1. The van der Waals surface area contributed by atoms with Gasteiger partial charge in [0.25, 0.3) is 0 Å². The van der Waals surface area contributed by atoms with Gasteiger partial charge in [-0.1, -0.05) is 19.7 Å². The van der Waals surface area contributed by atoms with Gasteiger partial charge < -0.3 is 24.1 Å². The van der Waals surface area contributed by atoms with Gasteiger partial charge in [-0.25, -0.2) is 19.2 Å². The second-order valence-corrected chi connectivity index (χ2v) is 15.8. The first-order chi connectivity index (χ1) is 21.5. The van der Waals surface area contributed by atoms with Gasteiger partial charge in [-0.3, -0.25) is 0 Å². The Hall–Kier alpha value is -2.94. The monoisotopic (exact) mass is 640 g/mol. The van der Waals surface area contributed by atoms with Crippen molar-refractivity contribution in [3.05, 3.63) is 36.5 Å². The molecular weight excluding hydrogens is 588 g/mol. The predicted molar refractivity (Wildman–Crippen MR) is 170 cm³/mol. The van der Waals surface area contributed by atoms with E-state index in [4.69, 9.17) is 14.2 Å². The summed E-state index contributed by atoms with van der Waals surface area (Å²) in [6.07, 6.45) is 11.7. The summed E-state index contributed by atoms with van der Waals surface area (Å²) in [6.45, 7) is 18.2. The van der Waals surface area contributed by atoms with Crippen LogP contribution in [-0.4, -0.2) is 58.5 Å². The molecular formula is C37H52O9. The van der Waals surface area contributed by atoms with Crippen molar-refractivity contribution in [3.63, 3.8) is 0 Å². The van der Waals surface area contributed by atoms with Crippen molar-refractivity contribution in [2.45, 2.75) is 128 Å². The maximum atomic E-state index is 11.8. The highest BCUT2D eigenvalue weighted by Crippen LogP contribution is 2.60. The summed E-state index contributed by atoms with van der Waals surface area (Å²) in [5.41, 5.74) is 0.0973. The summed E-state index contributed by atoms with van der Waals surface area (Å²) in [7, 11) is 0. The Morgan fingerprint density at radius 2 is 1.22 bits per heavy atom. The molecule has 9 aliphatic rings. The Bertz CT molecular complexity index is 1250. The van der Waals surface area contributed by atoms with E-state index in [2.05, 4.69) is 31.4 Å². The highest BCUT2D eigenvalue weighted by atomic mass is 16.6. The molecule has 1 heterocycles. The molecule has 9 rings (SSSR count). The number of cyclic esters (lactones) is 1. The molecule has 8 aliphatic carbocycles. The third-order valence-electron chi connectivity index (χ3n) is 11.5. The molecule has 0 aromatic heterocycles. The Balaban J connectivity index is 0.000000139. The number of carbonyl (C=O) groups excluding carboxylic acids is 4. The SMILES string of the molecule is C=C(C)C(=O)OC1(C)C2CC3CC(C2)CC1C3.C=C(C)C(=O)OC12CC3CC(CC(O)(C3)C1)C2.C=C(C)C(=O)OC1CCOC1=O. The molecule has 0 aromatic rings. The van der Waals surface area contributed by atoms with Gasteiger partial charge in [0, 0.05) is 29.6 Å². The summed E-state index contributed by atoms with van der Waals surface area (Å²) in [5.74, 6) is 2.60. The van der Waals surface area contributed by atoms with Crippen molar-refractivity contribution in [1.82, 2.24) is 0 Å². The largest absolute Gasteiger partial charge is 0.463 e. The number of aliphatic hydroxyl groups is 1. The molecule has 3 atom stereocenters. The maximum Gasteiger partial charge on any atom is 0.347 e. The molecule has 254 valence electrons. The second-order valence-electron chi connectivity index (χ2n) is 15.8. The van der Waals surface area contributed by atoms with E-state index in [0.29, 0.717) is 54.3 Å². The Morgan fingerprint density at radius 1 is 0.739 bits per heavy atom. The lowest BCUT2D eigenvalue weighted by molar-refractivity contribution is -0.217. The number of carbonyl (C=O) groups is 4. The Morgan fingerprint density at radius 3 is 1.65 bits per heavy atom. The van der Waals surface area contributed by atoms with Crippen molar-refractivity contribution < 1.29 is 43.2 Å². The molecule has 0 aromatic carbocycles. The number of hydrogen-bond donors (Lipinski definition) is 1. The summed E-state index contributed by atoms with van der Waals surface area (Å²) in [5, 5.41) is 10.5. The van der Waals surface area contributed by atoms with Crippen LogP contribution in [0.5, 0.6) is 0 Å². The molecule has 9 fully saturated rings. The van der Waals surface area contributed by atoms with E-state index in [9.17, 15) is 24.3 Å². The van der Waals surface area contributed by atoms with Crippen LogP contribution in [0.2, 0.25) is 0 Å². The molecule has 46 heavy (non-hydrogen) atoms. The topological polar surface area (TPSA) is 125 Å². The van der Waals surface area contributed by atoms with Gasteiger partial charge in [0.2, 0.25) is 6.10 Å². The van der Waals surface area contributed by atoms with Crippen molar-refractivity contribution in [1.29, 1.82) is 0 Å². The number of ether oxygens (including phenoxy) is 4. The molecule has 0 amide bonds. The number of rotatable bonds is 6. The average Bonchev–Trinajstić information content (AvgIpc) is 3.34. The van der Waals surface area contributed by atoms with E-state index in [-0.39, 0.29) is 23.1 Å². The van der Waals surface area contributed by atoms with Crippen LogP contribution in [0.1, 0.15) is 105 Å². The summed E-state index contributed by atoms with van der Waals surface area (Å²) in [4.78, 5) is 45.3. The minimum Gasteiger partial charge on any atom is -0.463 e. The van der Waals surface area contributed by atoms with E-state index in [1.54, 1.807) is 13.8 Å². The summed E-state index contributed by atoms with van der Waals surface area (Å²) in [6, 6.07) is 0. The third kappa shape index (κ3) is 7.29. The Labute approximate surface area is 273 Å². The predicted octanol–water partition coefficient (Wildman–Crippen LogP) is 5.93. The van der Waals surface area contributed by atoms with Crippen molar-refractivity contribution in [3.8, 4) is 0 Å². The third-order valence-corrected chi connectivity index (χ3v) is 11.5. The maximum absolute atomic E-state index is 11.8. The van der Waals surface area contributed by atoms with Gasteiger partial charge in [0.05, 0.1) is 12.2 Å². The van der Waals surface area contributed by atoms with Crippen LogP contribution >= 0.6 is 0 Å². The molecule has 9 nitrogen and oxygen atoms in total. The van der Waals surface area contributed by atoms with Gasteiger partial charge >= 0.3 is 23.9 Å². The zero-order chi connectivity index (χ0) is 33.6. The van der Waals surface area contributed by atoms with Crippen LogP contribution in [0, 0.1) is 35.5 Å². The van der Waals surface area contributed by atoms with Crippen LogP contribution < -0.4 is 0 Å². The fourth-order valence-corrected chi connectivity index (χ4v) is 9.92. The zero-order valence-electron chi connectivity index (χ0n) is 28.1. The van der Waals surface area contributed by atoms with Crippen LogP contribution in [-0.2, 0) is 38.1 Å². The lowest BCUT2D eigenvalue weighted by Gasteiger charge is -2.59. The van der Waals surface area contributed by atoms with Crippen LogP contribution in [0.3, 0.4) is 0 Å². The van der Waals surface area contributed by atoms with Gasteiger partial charge in [0.15, 0.2) is 0 Å². The normalized spacial score (nSPS) is 40.4. The standard InChI is InChI=1S/C15H22O2.C14H20O3.C8H10O4/c1-9(2)14(16)17-15(3)12-5-10-4-11(7-12)8-13(15)6-10;1-9(2)12(15)17-14-6-10-3-11(7-14)5-13(16,4-10)8-14;1-5(2)7(9)12-6-3-4-11-8(6)10/h10-13H,1,4-8H2,2-3H3;10-11,16H,1,3-8H2,2H3;6H,1,3-4H2,2H3. The van der Waals surface area contributed by atoms with Gasteiger partial charge in [-0.2, -0.15) is 0 Å². The molecule has 8 saturated carbocycles. The molecule has 0 spiro atoms. The fraction of sp³-hybridized carbons (Fsp3) is 0.730. The highest BCUT2D eigenvalue weighted by molar-refractivity contribution is 5.90. The molecule has 3 unspecified atom stereocenters. The lowest BCUT2D eigenvalue weighted by atomic mass is 9.50. The first-order valence-corrected chi connectivity index (χ1v) is 17.0. The highest BCUT2D eigenvalue weighted by Gasteiger charge is 2.59. The number of hydrogen-bond acceptors (Lipinski definition) is 9. The second kappa shape index (κ2) is 12.9.